The molecule has 0 aliphatic carbocycles. The van der Waals surface area contributed by atoms with Crippen LogP contribution in [0.3, 0.4) is 0 Å². The highest BCUT2D eigenvalue weighted by Gasteiger charge is 2.01. The third-order valence-electron chi connectivity index (χ3n) is 3.05. The first-order chi connectivity index (χ1) is 8.42. The summed E-state index contributed by atoms with van der Waals surface area (Å²) in [6.07, 6.45) is 7.80. The molecule has 0 amide bonds. The molecule has 0 spiro atoms. The first-order valence-corrected chi connectivity index (χ1v) is 6.84. The topological polar surface area (TPSA) is 12.9 Å². The van der Waals surface area contributed by atoms with Crippen molar-refractivity contribution in [3.8, 4) is 0 Å². The molecule has 0 aliphatic heterocycles. The van der Waals surface area contributed by atoms with Gasteiger partial charge >= 0.3 is 0 Å². The lowest BCUT2D eigenvalue weighted by Crippen LogP contribution is -1.92. The monoisotopic (exact) mass is 247 g/mol. The molecule has 17 heavy (non-hydrogen) atoms. The van der Waals surface area contributed by atoms with Gasteiger partial charge in [0.05, 0.1) is 0 Å². The molecule has 0 atom stereocenters. The Morgan fingerprint density at radius 3 is 2.65 bits per heavy atom. The molecule has 1 nitrogen and oxygen atoms in total. The standard InChI is InChI=1S/C15H18ClN/c16-11-6-2-1-3-9-15-14-8-5-4-7-13(14)10-12-17-15/h4-5,7-8,10,12H,1-3,6,9,11H2. The van der Waals surface area contributed by atoms with Crippen LogP contribution in [-0.2, 0) is 6.42 Å². The van der Waals surface area contributed by atoms with Crippen molar-refractivity contribution in [3.05, 3.63) is 42.2 Å². The van der Waals surface area contributed by atoms with Gasteiger partial charge < -0.3 is 0 Å². The Morgan fingerprint density at radius 2 is 1.76 bits per heavy atom. The van der Waals surface area contributed by atoms with Gasteiger partial charge in [0.2, 0.25) is 0 Å². The second-order valence-corrected chi connectivity index (χ2v) is 4.71. The molecule has 0 N–H and O–H groups in total. The zero-order valence-electron chi connectivity index (χ0n) is 10.0. The Morgan fingerprint density at radius 1 is 0.941 bits per heavy atom. The van der Waals surface area contributed by atoms with E-state index in [0.717, 1.165) is 18.7 Å². The summed E-state index contributed by atoms with van der Waals surface area (Å²) in [5.41, 5.74) is 1.23. The van der Waals surface area contributed by atoms with Crippen LogP contribution in [0.1, 0.15) is 31.4 Å². The molecular weight excluding hydrogens is 230 g/mol. The molecule has 90 valence electrons. The van der Waals surface area contributed by atoms with E-state index < -0.39 is 0 Å². The Kier molecular flexibility index (Phi) is 4.81. The SMILES string of the molecule is ClCCCCCCc1nccc2ccccc12. The fourth-order valence-corrected chi connectivity index (χ4v) is 2.31. The molecule has 0 fully saturated rings. The molecule has 0 radical (unpaired) electrons. The van der Waals surface area contributed by atoms with Crippen LogP contribution in [-0.4, -0.2) is 10.9 Å². The van der Waals surface area contributed by atoms with Crippen molar-refractivity contribution < 1.29 is 0 Å². The Bertz CT molecular complexity index is 462. The normalized spacial score (nSPS) is 10.9. The minimum atomic E-state index is 0.784. The van der Waals surface area contributed by atoms with E-state index in [-0.39, 0.29) is 0 Å². The van der Waals surface area contributed by atoms with Crippen molar-refractivity contribution in [1.29, 1.82) is 0 Å². The fraction of sp³-hybridized carbons (Fsp3) is 0.400. The Labute approximate surface area is 108 Å². The second kappa shape index (κ2) is 6.61. The van der Waals surface area contributed by atoms with Crippen LogP contribution in [0, 0.1) is 0 Å². The molecule has 2 heteroatoms. The van der Waals surface area contributed by atoms with Gasteiger partial charge in [-0.25, -0.2) is 0 Å². The highest BCUT2D eigenvalue weighted by atomic mass is 35.5. The predicted octanol–water partition coefficient (Wildman–Crippen LogP) is 4.58. The number of aromatic nitrogens is 1. The van der Waals surface area contributed by atoms with E-state index in [1.54, 1.807) is 0 Å². The molecule has 0 bridgehead atoms. The first-order valence-electron chi connectivity index (χ1n) is 6.30. The summed E-state index contributed by atoms with van der Waals surface area (Å²) in [6.45, 7) is 0. The Balaban J connectivity index is 1.98. The van der Waals surface area contributed by atoms with Crippen LogP contribution in [0.25, 0.3) is 10.8 Å². The number of hydrogen-bond acceptors (Lipinski definition) is 1. The maximum atomic E-state index is 5.66. The van der Waals surface area contributed by atoms with E-state index in [2.05, 4.69) is 35.3 Å². The summed E-state index contributed by atoms with van der Waals surface area (Å²) in [5, 5.41) is 2.59. The largest absolute Gasteiger partial charge is 0.261 e. The lowest BCUT2D eigenvalue weighted by Gasteiger charge is -2.05. The lowest BCUT2D eigenvalue weighted by atomic mass is 10.0. The van der Waals surface area contributed by atoms with E-state index in [0.29, 0.717) is 0 Å². The third kappa shape index (κ3) is 3.44. The minimum absolute atomic E-state index is 0.784. The van der Waals surface area contributed by atoms with Crippen LogP contribution in [0.2, 0.25) is 0 Å². The number of halogens is 1. The number of alkyl halides is 1. The van der Waals surface area contributed by atoms with Gasteiger partial charge in [-0.2, -0.15) is 0 Å². The third-order valence-corrected chi connectivity index (χ3v) is 3.32. The quantitative estimate of drug-likeness (QED) is 0.538. The van der Waals surface area contributed by atoms with Crippen molar-refractivity contribution in [1.82, 2.24) is 4.98 Å². The summed E-state index contributed by atoms with van der Waals surface area (Å²) in [5.74, 6) is 0.784. The smallest absolute Gasteiger partial charge is 0.0481 e. The molecule has 2 rings (SSSR count). The number of nitrogens with zero attached hydrogens (tertiary/aromatic N) is 1. The number of pyridine rings is 1. The van der Waals surface area contributed by atoms with Gasteiger partial charge in [-0.15, -0.1) is 11.6 Å². The van der Waals surface area contributed by atoms with E-state index >= 15 is 0 Å². The van der Waals surface area contributed by atoms with Crippen LogP contribution < -0.4 is 0 Å². The predicted molar refractivity (Wildman–Crippen MR) is 74.6 cm³/mol. The highest BCUT2D eigenvalue weighted by Crippen LogP contribution is 2.18. The average molecular weight is 248 g/mol. The number of aryl methyl sites for hydroxylation is 1. The van der Waals surface area contributed by atoms with Crippen molar-refractivity contribution in [2.75, 3.05) is 5.88 Å². The number of hydrogen-bond donors (Lipinski definition) is 0. The maximum Gasteiger partial charge on any atom is 0.0481 e. The van der Waals surface area contributed by atoms with Gasteiger partial charge in [-0.05, 0) is 30.7 Å². The van der Waals surface area contributed by atoms with E-state index in [4.69, 9.17) is 11.6 Å². The fourth-order valence-electron chi connectivity index (χ4n) is 2.12. The summed E-state index contributed by atoms with van der Waals surface area (Å²) < 4.78 is 0. The van der Waals surface area contributed by atoms with Crippen molar-refractivity contribution in [2.24, 2.45) is 0 Å². The summed E-state index contributed by atoms with van der Waals surface area (Å²) in [6, 6.07) is 10.5. The van der Waals surface area contributed by atoms with Crippen molar-refractivity contribution >= 4 is 22.4 Å². The van der Waals surface area contributed by atoms with Crippen LogP contribution in [0.5, 0.6) is 0 Å². The molecule has 1 aromatic heterocycles. The van der Waals surface area contributed by atoms with Crippen LogP contribution >= 0.6 is 11.6 Å². The summed E-state index contributed by atoms with van der Waals surface area (Å²) in [4.78, 5) is 4.50. The Hall–Kier alpha value is -1.08. The number of benzene rings is 1. The molecule has 0 aliphatic rings. The molecule has 0 unspecified atom stereocenters. The van der Waals surface area contributed by atoms with Gasteiger partial charge in [0.15, 0.2) is 0 Å². The van der Waals surface area contributed by atoms with Crippen LogP contribution in [0.4, 0.5) is 0 Å². The van der Waals surface area contributed by atoms with Gasteiger partial charge in [-0.1, -0.05) is 37.1 Å². The van der Waals surface area contributed by atoms with Gasteiger partial charge in [0.1, 0.15) is 0 Å². The van der Waals surface area contributed by atoms with E-state index in [1.165, 1.54) is 35.7 Å². The van der Waals surface area contributed by atoms with E-state index in [9.17, 15) is 0 Å². The van der Waals surface area contributed by atoms with Gasteiger partial charge in [0, 0.05) is 23.2 Å². The average Bonchev–Trinajstić information content (AvgIpc) is 2.39. The zero-order valence-corrected chi connectivity index (χ0v) is 10.8. The summed E-state index contributed by atoms with van der Waals surface area (Å²) >= 11 is 5.66. The molecule has 1 aromatic carbocycles. The van der Waals surface area contributed by atoms with Gasteiger partial charge in [0.25, 0.3) is 0 Å². The zero-order chi connectivity index (χ0) is 11.9. The molecule has 0 saturated carbocycles. The maximum absolute atomic E-state index is 5.66. The lowest BCUT2D eigenvalue weighted by molar-refractivity contribution is 0.665. The number of rotatable bonds is 6. The molecule has 2 aromatic rings. The van der Waals surface area contributed by atoms with Crippen LogP contribution in [0.15, 0.2) is 36.5 Å². The number of fused-ring (bicyclic) bond motifs is 1. The van der Waals surface area contributed by atoms with Gasteiger partial charge in [-0.3, -0.25) is 4.98 Å². The minimum Gasteiger partial charge on any atom is -0.261 e. The van der Waals surface area contributed by atoms with Crippen molar-refractivity contribution in [2.45, 2.75) is 32.1 Å². The van der Waals surface area contributed by atoms with Crippen molar-refractivity contribution in [3.63, 3.8) is 0 Å². The first kappa shape index (κ1) is 12.4. The highest BCUT2D eigenvalue weighted by molar-refractivity contribution is 6.17. The summed E-state index contributed by atoms with van der Waals surface area (Å²) in [7, 11) is 0. The number of unbranched alkanes of at least 4 members (excludes halogenated alkanes) is 3. The molecular formula is C15H18ClN. The molecule has 0 saturated heterocycles. The molecule has 1 heterocycles. The van der Waals surface area contributed by atoms with E-state index in [1.807, 2.05) is 6.20 Å². The second-order valence-electron chi connectivity index (χ2n) is 4.33.